The average molecular weight is 257 g/mol. The summed E-state index contributed by atoms with van der Waals surface area (Å²) in [6, 6.07) is 0. The molecule has 18 heavy (non-hydrogen) atoms. The van der Waals surface area contributed by atoms with E-state index in [1.807, 2.05) is 0 Å². The zero-order chi connectivity index (χ0) is 13.1. The first-order valence-electron chi connectivity index (χ1n) is 7.08. The Bertz CT molecular complexity index is 228. The Morgan fingerprint density at radius 1 is 1.39 bits per heavy atom. The summed E-state index contributed by atoms with van der Waals surface area (Å²) >= 11 is 0. The summed E-state index contributed by atoms with van der Waals surface area (Å²) in [7, 11) is 0. The molecule has 0 saturated carbocycles. The first kappa shape index (κ1) is 15.2. The first-order chi connectivity index (χ1) is 8.86. The van der Waals surface area contributed by atoms with Crippen molar-refractivity contribution in [2.24, 2.45) is 4.99 Å². The second-order valence-corrected chi connectivity index (χ2v) is 4.40. The van der Waals surface area contributed by atoms with Crippen LogP contribution in [0.25, 0.3) is 0 Å². The Morgan fingerprint density at radius 3 is 2.94 bits per heavy atom. The fourth-order valence-corrected chi connectivity index (χ4v) is 1.74. The highest BCUT2D eigenvalue weighted by Gasteiger charge is 2.15. The Kier molecular flexibility index (Phi) is 8.59. The van der Waals surface area contributed by atoms with Gasteiger partial charge >= 0.3 is 0 Å². The number of nitrogens with zero attached hydrogens (tertiary/aromatic N) is 1. The number of aliphatic imine (C=N–C) groups is 1. The smallest absolute Gasteiger partial charge is 0.191 e. The van der Waals surface area contributed by atoms with Crippen molar-refractivity contribution in [3.63, 3.8) is 0 Å². The van der Waals surface area contributed by atoms with E-state index < -0.39 is 0 Å². The van der Waals surface area contributed by atoms with Gasteiger partial charge in [0.25, 0.3) is 0 Å². The molecular formula is C13H27N3O2. The van der Waals surface area contributed by atoms with Crippen LogP contribution in [0.3, 0.4) is 0 Å². The van der Waals surface area contributed by atoms with E-state index >= 15 is 0 Å². The standard InChI is InChI=1S/C13H27N3O2/c1-3-7-15-13(14-4-2)16-8-5-9-18-12-6-10-17-11-12/h12H,3-11H2,1-2H3,(H2,14,15,16). The van der Waals surface area contributed by atoms with Gasteiger partial charge in [0.2, 0.25) is 0 Å². The van der Waals surface area contributed by atoms with Crippen molar-refractivity contribution in [2.75, 3.05) is 39.5 Å². The predicted octanol–water partition coefficient (Wildman–Crippen LogP) is 1.15. The molecule has 5 heteroatoms. The van der Waals surface area contributed by atoms with Crippen LogP contribution in [0.2, 0.25) is 0 Å². The van der Waals surface area contributed by atoms with Crippen molar-refractivity contribution in [3.05, 3.63) is 0 Å². The minimum Gasteiger partial charge on any atom is -0.379 e. The molecule has 0 aromatic heterocycles. The molecule has 2 N–H and O–H groups in total. The minimum atomic E-state index is 0.312. The van der Waals surface area contributed by atoms with E-state index in [1.54, 1.807) is 0 Å². The van der Waals surface area contributed by atoms with Crippen molar-refractivity contribution < 1.29 is 9.47 Å². The summed E-state index contributed by atoms with van der Waals surface area (Å²) in [5.74, 6) is 0.906. The van der Waals surface area contributed by atoms with E-state index in [9.17, 15) is 0 Å². The fourth-order valence-electron chi connectivity index (χ4n) is 1.74. The molecule has 1 fully saturated rings. The number of nitrogens with one attached hydrogen (secondary N) is 2. The van der Waals surface area contributed by atoms with E-state index in [-0.39, 0.29) is 0 Å². The van der Waals surface area contributed by atoms with Gasteiger partial charge < -0.3 is 20.1 Å². The molecule has 0 bridgehead atoms. The fraction of sp³-hybridized carbons (Fsp3) is 0.923. The van der Waals surface area contributed by atoms with E-state index in [4.69, 9.17) is 9.47 Å². The van der Waals surface area contributed by atoms with E-state index in [0.29, 0.717) is 6.10 Å². The van der Waals surface area contributed by atoms with Crippen molar-refractivity contribution in [2.45, 2.75) is 39.2 Å². The summed E-state index contributed by atoms with van der Waals surface area (Å²) < 4.78 is 11.0. The lowest BCUT2D eigenvalue weighted by Crippen LogP contribution is -2.38. The molecule has 0 aromatic carbocycles. The van der Waals surface area contributed by atoms with Crippen LogP contribution in [0.15, 0.2) is 4.99 Å². The number of guanidine groups is 1. The maximum absolute atomic E-state index is 5.70. The normalized spacial score (nSPS) is 20.1. The Labute approximate surface area is 110 Å². The molecule has 1 aliphatic heterocycles. The van der Waals surface area contributed by atoms with Crippen LogP contribution in [0.4, 0.5) is 0 Å². The largest absolute Gasteiger partial charge is 0.379 e. The minimum absolute atomic E-state index is 0.312. The third kappa shape index (κ3) is 6.81. The Balaban J connectivity index is 2.02. The van der Waals surface area contributed by atoms with Crippen LogP contribution < -0.4 is 10.6 Å². The molecule has 0 aliphatic carbocycles. The summed E-state index contributed by atoms with van der Waals surface area (Å²) in [6.07, 6.45) is 3.41. The number of hydrogen-bond donors (Lipinski definition) is 2. The zero-order valence-corrected chi connectivity index (χ0v) is 11.7. The van der Waals surface area contributed by atoms with Gasteiger partial charge in [0.05, 0.1) is 12.7 Å². The molecule has 1 atom stereocenters. The lowest BCUT2D eigenvalue weighted by molar-refractivity contribution is 0.0420. The Morgan fingerprint density at radius 2 is 2.28 bits per heavy atom. The highest BCUT2D eigenvalue weighted by atomic mass is 16.5. The highest BCUT2D eigenvalue weighted by molar-refractivity contribution is 5.79. The predicted molar refractivity (Wildman–Crippen MR) is 74.1 cm³/mol. The van der Waals surface area contributed by atoms with Gasteiger partial charge in [-0.15, -0.1) is 0 Å². The molecule has 0 radical (unpaired) electrons. The molecule has 1 saturated heterocycles. The van der Waals surface area contributed by atoms with Gasteiger partial charge in [-0.25, -0.2) is 0 Å². The third-order valence-corrected chi connectivity index (χ3v) is 2.69. The van der Waals surface area contributed by atoms with Crippen LogP contribution in [0, 0.1) is 0 Å². The van der Waals surface area contributed by atoms with Crippen LogP contribution >= 0.6 is 0 Å². The van der Waals surface area contributed by atoms with E-state index in [1.165, 1.54) is 0 Å². The average Bonchev–Trinajstić information content (AvgIpc) is 2.88. The maximum Gasteiger partial charge on any atom is 0.191 e. The third-order valence-electron chi connectivity index (χ3n) is 2.69. The summed E-state index contributed by atoms with van der Waals surface area (Å²) in [5, 5.41) is 6.54. The van der Waals surface area contributed by atoms with Gasteiger partial charge in [-0.1, -0.05) is 6.92 Å². The molecular weight excluding hydrogens is 230 g/mol. The second kappa shape index (κ2) is 10.1. The first-order valence-corrected chi connectivity index (χ1v) is 7.08. The van der Waals surface area contributed by atoms with Crippen LogP contribution in [0.1, 0.15) is 33.1 Å². The summed E-state index contributed by atoms with van der Waals surface area (Å²) in [4.78, 5) is 4.44. The molecule has 0 aromatic rings. The van der Waals surface area contributed by atoms with Crippen LogP contribution in [-0.2, 0) is 9.47 Å². The Hall–Kier alpha value is -0.810. The summed E-state index contributed by atoms with van der Waals surface area (Å²) in [5.41, 5.74) is 0. The van der Waals surface area contributed by atoms with Gasteiger partial charge in [-0.2, -0.15) is 0 Å². The highest BCUT2D eigenvalue weighted by Crippen LogP contribution is 2.07. The van der Waals surface area contributed by atoms with Gasteiger partial charge in [0, 0.05) is 32.8 Å². The number of hydrogen-bond acceptors (Lipinski definition) is 3. The van der Waals surface area contributed by atoms with Crippen molar-refractivity contribution >= 4 is 5.96 Å². The number of rotatable bonds is 8. The molecule has 5 nitrogen and oxygen atoms in total. The van der Waals surface area contributed by atoms with Gasteiger partial charge in [0.15, 0.2) is 5.96 Å². The van der Waals surface area contributed by atoms with Crippen molar-refractivity contribution in [1.29, 1.82) is 0 Å². The van der Waals surface area contributed by atoms with E-state index in [0.717, 1.165) is 64.7 Å². The van der Waals surface area contributed by atoms with Gasteiger partial charge in [-0.3, -0.25) is 4.99 Å². The maximum atomic E-state index is 5.70. The van der Waals surface area contributed by atoms with Gasteiger partial charge in [-0.05, 0) is 26.2 Å². The number of ether oxygens (including phenoxy) is 2. The molecule has 106 valence electrons. The quantitative estimate of drug-likeness (QED) is 0.389. The van der Waals surface area contributed by atoms with Crippen molar-refractivity contribution in [3.8, 4) is 0 Å². The molecule has 0 spiro atoms. The summed E-state index contributed by atoms with van der Waals surface area (Å²) in [6.45, 7) is 9.25. The van der Waals surface area contributed by atoms with Crippen molar-refractivity contribution in [1.82, 2.24) is 10.6 Å². The molecule has 1 heterocycles. The van der Waals surface area contributed by atoms with Crippen LogP contribution in [-0.4, -0.2) is 51.5 Å². The monoisotopic (exact) mass is 257 g/mol. The molecule has 1 unspecified atom stereocenters. The molecule has 1 aliphatic rings. The SMILES string of the molecule is CCCN=C(NCC)NCCCOC1CCOC1. The lowest BCUT2D eigenvalue weighted by Gasteiger charge is -2.12. The lowest BCUT2D eigenvalue weighted by atomic mass is 10.3. The van der Waals surface area contributed by atoms with E-state index in [2.05, 4.69) is 29.5 Å². The molecule has 0 amide bonds. The topological polar surface area (TPSA) is 54.9 Å². The van der Waals surface area contributed by atoms with Gasteiger partial charge in [0.1, 0.15) is 0 Å². The molecule has 1 rings (SSSR count). The second-order valence-electron chi connectivity index (χ2n) is 4.40. The zero-order valence-electron chi connectivity index (χ0n) is 11.7. The van der Waals surface area contributed by atoms with Crippen LogP contribution in [0.5, 0.6) is 0 Å².